The summed E-state index contributed by atoms with van der Waals surface area (Å²) in [5, 5.41) is 19.1. The summed E-state index contributed by atoms with van der Waals surface area (Å²) in [6.07, 6.45) is 1.81. The molecule has 35 heavy (non-hydrogen) atoms. The molecule has 0 fully saturated rings. The van der Waals surface area contributed by atoms with Gasteiger partial charge in [-0.15, -0.1) is 24.8 Å². The van der Waals surface area contributed by atoms with E-state index < -0.39 is 0 Å². The molecule has 2 N–H and O–H groups in total. The number of phenolic OH excluding ortho intramolecular Hbond substituents is 2. The number of aromatic nitrogens is 1. The summed E-state index contributed by atoms with van der Waals surface area (Å²) in [5.41, 5.74) is 6.78. The van der Waals surface area contributed by atoms with Gasteiger partial charge in [0.05, 0.1) is 0 Å². The number of hydrogen-bond donors (Lipinski definition) is 2. The molecule has 6 heteroatoms. The number of nitrogens with zero attached hydrogens (tertiary/aromatic N) is 1. The van der Waals surface area contributed by atoms with Gasteiger partial charge in [-0.05, 0) is 47.9 Å². The Hall–Kier alpha value is -1.65. The molecule has 3 nitrogen and oxygen atoms in total. The van der Waals surface area contributed by atoms with Crippen molar-refractivity contribution in [3.8, 4) is 11.5 Å². The maximum absolute atomic E-state index is 9.57. The molecular weight excluding hydrogens is 513 g/mol. The van der Waals surface area contributed by atoms with Crippen molar-refractivity contribution >= 4 is 29.1 Å². The molecule has 0 saturated carbocycles. The first-order valence-electron chi connectivity index (χ1n) is 11.2. The fourth-order valence-electron chi connectivity index (χ4n) is 3.15. The van der Waals surface area contributed by atoms with Crippen LogP contribution in [0.5, 0.6) is 11.5 Å². The minimum absolute atomic E-state index is 0. The van der Waals surface area contributed by atoms with Crippen molar-refractivity contribution < 1.29 is 30.2 Å². The van der Waals surface area contributed by atoms with E-state index in [4.69, 9.17) is 0 Å². The van der Waals surface area contributed by atoms with Crippen LogP contribution in [-0.4, -0.2) is 19.5 Å². The zero-order chi connectivity index (χ0) is 25.4. The number of pyridine rings is 1. The number of hydrogen-bond acceptors (Lipinski definition) is 3. The molecule has 0 radical (unpaired) electrons. The second-order valence-electron chi connectivity index (χ2n) is 10.4. The fourth-order valence-corrected chi connectivity index (χ4v) is 3.62. The summed E-state index contributed by atoms with van der Waals surface area (Å²) in [5.74, 6) is 0.793. The molecule has 0 bridgehead atoms. The third-order valence-corrected chi connectivity index (χ3v) is 5.53. The standard InChI is InChI=1S/2C11H16O.C7H7N.2ClH.Ti/c2*1-8-5-6-10(12)9(7-8)11(2,3)4;1-6-4-3-5-8-7(6)2;;;/h2*5-7,12H,1-4H3;2-5H,1H3;2*1H;. The normalized spacial score (nSPS) is 10.3. The Balaban J connectivity index is 0. The molecule has 3 aromatic rings. The summed E-state index contributed by atoms with van der Waals surface area (Å²) in [7, 11) is 0. The van der Waals surface area contributed by atoms with E-state index >= 15 is 0 Å². The Bertz CT molecular complexity index is 1010. The number of halogens is 2. The van der Waals surface area contributed by atoms with Gasteiger partial charge in [0.25, 0.3) is 0 Å². The average Bonchev–Trinajstić information content (AvgIpc) is 2.71. The number of aryl methyl sites for hydroxylation is 3. The van der Waals surface area contributed by atoms with E-state index in [0.717, 1.165) is 16.8 Å². The van der Waals surface area contributed by atoms with E-state index in [-0.39, 0.29) is 35.6 Å². The third kappa shape index (κ3) is 12.2. The second-order valence-corrected chi connectivity index (χ2v) is 10.8. The summed E-state index contributed by atoms with van der Waals surface area (Å²) in [6, 6.07) is 15.4. The molecule has 0 saturated heterocycles. The Morgan fingerprint density at radius 2 is 1.11 bits per heavy atom. The first-order chi connectivity index (χ1) is 15.2. The molecule has 0 aliphatic carbocycles. The van der Waals surface area contributed by atoms with E-state index in [0.29, 0.717) is 11.5 Å². The molecule has 0 aliphatic heterocycles. The maximum Gasteiger partial charge on any atom is -0.147 e. The molecule has 1 aromatic heterocycles. The number of aromatic hydroxyl groups is 2. The van der Waals surface area contributed by atoms with Gasteiger partial charge in [-0.25, -0.2) is 0 Å². The van der Waals surface area contributed by atoms with Crippen molar-refractivity contribution in [1.29, 1.82) is 0 Å². The predicted octanol–water partition coefficient (Wildman–Crippen LogP) is 7.93. The van der Waals surface area contributed by atoms with Crippen LogP contribution in [0.15, 0.2) is 54.7 Å². The van der Waals surface area contributed by atoms with E-state index in [1.165, 1.54) is 16.7 Å². The van der Waals surface area contributed by atoms with Crippen molar-refractivity contribution in [3.63, 3.8) is 0 Å². The molecule has 192 valence electrons. The quantitative estimate of drug-likeness (QED) is 0.301. The first kappa shape index (κ1) is 35.5. The van der Waals surface area contributed by atoms with Crippen LogP contribution >= 0.6 is 24.8 Å². The minimum atomic E-state index is 0. The van der Waals surface area contributed by atoms with Crippen LogP contribution in [0.1, 0.15) is 75.1 Å². The van der Waals surface area contributed by atoms with Crippen LogP contribution in [0.4, 0.5) is 0 Å². The van der Waals surface area contributed by atoms with Crippen molar-refractivity contribution in [2.75, 3.05) is 0 Å². The molecule has 1 heterocycles. The summed E-state index contributed by atoms with van der Waals surface area (Å²) < 4.78 is 2.01. The molecule has 0 unspecified atom stereocenters. The van der Waals surface area contributed by atoms with E-state index in [2.05, 4.69) is 59.5 Å². The second kappa shape index (κ2) is 15.5. The zero-order valence-corrected chi connectivity index (χ0v) is 25.6. The van der Waals surface area contributed by atoms with Gasteiger partial charge in [-0.1, -0.05) is 76.9 Å². The van der Waals surface area contributed by atoms with Gasteiger partial charge < -0.3 is 10.2 Å². The van der Waals surface area contributed by atoms with Crippen LogP contribution in [-0.2, 0) is 30.8 Å². The van der Waals surface area contributed by atoms with Gasteiger partial charge in [0, 0.05) is 0 Å². The smallest absolute Gasteiger partial charge is 0.147 e. The molecule has 0 amide bonds. The van der Waals surface area contributed by atoms with Crippen LogP contribution < -0.4 is 0 Å². The van der Waals surface area contributed by atoms with E-state index in [1.54, 1.807) is 12.1 Å². The van der Waals surface area contributed by atoms with E-state index in [9.17, 15) is 10.2 Å². The maximum atomic E-state index is 9.57. The van der Waals surface area contributed by atoms with Gasteiger partial charge in [0.15, 0.2) is 0 Å². The van der Waals surface area contributed by atoms with Crippen molar-refractivity contribution in [2.24, 2.45) is 0 Å². The monoisotopic (exact) mass is 553 g/mol. The van der Waals surface area contributed by atoms with Gasteiger partial charge >= 0.3 is 65.8 Å². The topological polar surface area (TPSA) is 53.4 Å². The molecule has 3 rings (SSSR count). The first-order valence-corrected chi connectivity index (χ1v) is 12.1. The molecule has 2 aromatic carbocycles. The average molecular weight is 554 g/mol. The van der Waals surface area contributed by atoms with Crippen molar-refractivity contribution in [3.05, 3.63) is 88.2 Å². The SMILES string of the molecule is Cc1ccc(O)c(C(C)(C)C)c1.Cc1ccc(O)c(C(C)(C)C)c1.Cc1cccnc1[CH]=[Ti].Cl.Cl. The predicted molar refractivity (Wildman–Crippen MR) is 152 cm³/mol. The van der Waals surface area contributed by atoms with Crippen LogP contribution in [0.3, 0.4) is 0 Å². The van der Waals surface area contributed by atoms with Crippen molar-refractivity contribution in [2.45, 2.75) is 73.1 Å². The van der Waals surface area contributed by atoms with Gasteiger partial charge in [0.1, 0.15) is 11.5 Å². The zero-order valence-electron chi connectivity index (χ0n) is 22.4. The Labute approximate surface area is 236 Å². The van der Waals surface area contributed by atoms with Crippen molar-refractivity contribution in [1.82, 2.24) is 4.98 Å². The third-order valence-electron chi connectivity index (χ3n) is 5.11. The van der Waals surface area contributed by atoms with Crippen LogP contribution in [0.2, 0.25) is 0 Å². The minimum Gasteiger partial charge on any atom is -0.147 e. The largest absolute Gasteiger partial charge is 0.147 e. The summed E-state index contributed by atoms with van der Waals surface area (Å²) in [4.78, 5) is 4.14. The van der Waals surface area contributed by atoms with E-state index in [1.807, 2.05) is 74.7 Å². The van der Waals surface area contributed by atoms with Crippen LogP contribution in [0.25, 0.3) is 0 Å². The fraction of sp³-hybridized carbons (Fsp3) is 0.379. The number of phenols is 2. The number of benzene rings is 2. The Kier molecular flexibility index (Phi) is 15.7. The van der Waals surface area contributed by atoms with Gasteiger partial charge in [-0.2, -0.15) is 0 Å². The Morgan fingerprint density at radius 1 is 0.714 bits per heavy atom. The van der Waals surface area contributed by atoms with Gasteiger partial charge in [-0.3, -0.25) is 0 Å². The Morgan fingerprint density at radius 3 is 1.37 bits per heavy atom. The summed E-state index contributed by atoms with van der Waals surface area (Å²) in [6.45, 7) is 18.7. The molecular formula is C29H41Cl2NO2Ti. The molecule has 0 atom stereocenters. The molecule has 0 aliphatic rings. The van der Waals surface area contributed by atoms with Gasteiger partial charge in [0.2, 0.25) is 0 Å². The van der Waals surface area contributed by atoms with Crippen LogP contribution in [0, 0.1) is 20.8 Å². The molecule has 0 spiro atoms. The number of rotatable bonds is 1. The summed E-state index contributed by atoms with van der Waals surface area (Å²) >= 11 is 2.00.